The van der Waals surface area contributed by atoms with E-state index < -0.39 is 11.7 Å². The van der Waals surface area contributed by atoms with Gasteiger partial charge in [-0.1, -0.05) is 115 Å². The predicted molar refractivity (Wildman–Crippen MR) is 217 cm³/mol. The maximum absolute atomic E-state index is 11.8. The lowest BCUT2D eigenvalue weighted by atomic mass is 10.0. The molecule has 0 aliphatic carbocycles. The van der Waals surface area contributed by atoms with Gasteiger partial charge in [0, 0.05) is 43.6 Å². The summed E-state index contributed by atoms with van der Waals surface area (Å²) in [5.41, 5.74) is -0.464. The van der Waals surface area contributed by atoms with Crippen LogP contribution in [0, 0.1) is 13.8 Å². The molecule has 1 aromatic carbocycles. The molecular weight excluding hydrogens is 697 g/mol. The number of rotatable bonds is 18. The minimum atomic E-state index is -0.464. The number of nitrogens with zero attached hydrogens (tertiary/aromatic N) is 6. The smallest absolute Gasteiger partial charge is 0.424 e. The highest BCUT2D eigenvalue weighted by Gasteiger charge is 2.18. The summed E-state index contributed by atoms with van der Waals surface area (Å²) in [7, 11) is 0. The number of imidazole rings is 3. The summed E-state index contributed by atoms with van der Waals surface area (Å²) in [6.45, 7) is 13.5. The zero-order valence-corrected chi connectivity index (χ0v) is 34.5. The van der Waals surface area contributed by atoms with Crippen molar-refractivity contribution in [3.8, 4) is 5.75 Å². The van der Waals surface area contributed by atoms with Crippen LogP contribution in [0.5, 0.6) is 5.75 Å². The van der Waals surface area contributed by atoms with Crippen molar-refractivity contribution in [1.82, 2.24) is 28.7 Å². The molecule has 0 N–H and O–H groups in total. The number of carbonyl (C=O) groups excluding carboxylic acids is 3. The van der Waals surface area contributed by atoms with E-state index in [2.05, 4.69) is 21.9 Å². The number of para-hydroxylation sites is 1. The molecule has 0 saturated carbocycles. The van der Waals surface area contributed by atoms with E-state index in [0.29, 0.717) is 24.0 Å². The zero-order valence-electron chi connectivity index (χ0n) is 34.5. The third-order valence-corrected chi connectivity index (χ3v) is 8.57. The lowest BCUT2D eigenvalue weighted by Crippen LogP contribution is -2.27. The van der Waals surface area contributed by atoms with Crippen LogP contribution in [0.15, 0.2) is 67.5 Å². The van der Waals surface area contributed by atoms with Crippen LogP contribution in [0.25, 0.3) is 0 Å². The second-order valence-corrected chi connectivity index (χ2v) is 14.5. The van der Waals surface area contributed by atoms with Crippen molar-refractivity contribution in [2.45, 2.75) is 157 Å². The van der Waals surface area contributed by atoms with E-state index >= 15 is 0 Å². The normalized spacial score (nSPS) is 10.8. The van der Waals surface area contributed by atoms with Gasteiger partial charge in [0.15, 0.2) is 0 Å². The molecular formula is C43H66N6O6. The molecule has 3 aromatic heterocycles. The summed E-state index contributed by atoms with van der Waals surface area (Å²) >= 11 is 0. The fraction of sp³-hybridized carbons (Fsp3) is 0.581. The molecule has 55 heavy (non-hydrogen) atoms. The van der Waals surface area contributed by atoms with Gasteiger partial charge in [0.05, 0.1) is 6.61 Å². The van der Waals surface area contributed by atoms with Gasteiger partial charge in [0.2, 0.25) is 0 Å². The maximum atomic E-state index is 11.8. The first-order valence-electron chi connectivity index (χ1n) is 20.2. The number of hydrogen-bond donors (Lipinski definition) is 0. The first-order valence-corrected chi connectivity index (χ1v) is 20.2. The van der Waals surface area contributed by atoms with E-state index in [0.717, 1.165) is 18.7 Å². The molecule has 12 nitrogen and oxygen atoms in total. The van der Waals surface area contributed by atoms with Crippen LogP contribution in [0.1, 0.15) is 148 Å². The van der Waals surface area contributed by atoms with Crippen molar-refractivity contribution in [1.29, 1.82) is 0 Å². The first kappa shape index (κ1) is 46.4. The fourth-order valence-corrected chi connectivity index (χ4v) is 5.62. The van der Waals surface area contributed by atoms with Crippen LogP contribution < -0.4 is 4.74 Å². The second-order valence-electron chi connectivity index (χ2n) is 14.5. The number of carbonyl (C=O) groups is 3. The molecule has 0 spiro atoms. The molecule has 0 saturated heterocycles. The Morgan fingerprint density at radius 1 is 0.582 bits per heavy atom. The van der Waals surface area contributed by atoms with Gasteiger partial charge in [-0.3, -0.25) is 0 Å². The molecule has 0 atom stereocenters. The number of aromatic nitrogens is 6. The van der Waals surface area contributed by atoms with Crippen LogP contribution in [0.4, 0.5) is 14.4 Å². The van der Waals surface area contributed by atoms with Gasteiger partial charge < -0.3 is 14.2 Å². The zero-order chi connectivity index (χ0) is 40.3. The Kier molecular flexibility index (Phi) is 22.7. The Hall–Kier alpha value is -4.74. The lowest BCUT2D eigenvalue weighted by Gasteiger charge is -2.19. The highest BCUT2D eigenvalue weighted by molar-refractivity contribution is 5.73. The van der Waals surface area contributed by atoms with Crippen LogP contribution in [-0.4, -0.2) is 59.1 Å². The van der Waals surface area contributed by atoms with Crippen molar-refractivity contribution in [3.63, 3.8) is 0 Å². The molecule has 0 fully saturated rings. The topological polar surface area (TPSA) is 132 Å². The standard InChI is InChI=1S/C23H42N2O2.C11H10N2O2.C9H14N2O2/c1-3-5-6-7-8-9-10-11-12-13-14-15-16-17-18-19-22-24-20-21-25(22)23(26)27-4-2;1-9-12-7-8-13(9)11(14)15-10-5-3-2-4-6-10;1-7-10-5-6-11(7)8(12)13-9(2,3)4/h20-21H,3-19H2,1-2H3;2-8H,1H3;5-6H,1-4H3. The molecule has 12 heteroatoms. The summed E-state index contributed by atoms with van der Waals surface area (Å²) in [5.74, 6) is 2.59. The largest absolute Gasteiger partial charge is 0.449 e. The fourth-order valence-electron chi connectivity index (χ4n) is 5.62. The second kappa shape index (κ2) is 26.9. The minimum Gasteiger partial charge on any atom is -0.449 e. The highest BCUT2D eigenvalue weighted by atomic mass is 16.6. The van der Waals surface area contributed by atoms with Crippen LogP contribution in [-0.2, 0) is 15.9 Å². The maximum Gasteiger partial charge on any atom is 0.424 e. The quantitative estimate of drug-likeness (QED) is 0.0908. The average Bonchev–Trinajstić information content (AvgIpc) is 3.92. The van der Waals surface area contributed by atoms with Crippen molar-refractivity contribution in [3.05, 3.63) is 85.0 Å². The Bertz CT molecular complexity index is 1620. The molecule has 4 aromatic rings. The van der Waals surface area contributed by atoms with Crippen LogP contribution in [0.3, 0.4) is 0 Å². The van der Waals surface area contributed by atoms with E-state index in [1.807, 2.05) is 45.9 Å². The van der Waals surface area contributed by atoms with Gasteiger partial charge in [-0.15, -0.1) is 0 Å². The van der Waals surface area contributed by atoms with Crippen molar-refractivity contribution >= 4 is 18.3 Å². The number of aryl methyl sites for hydroxylation is 3. The van der Waals surface area contributed by atoms with Gasteiger partial charge in [-0.25, -0.2) is 43.0 Å². The summed E-state index contributed by atoms with van der Waals surface area (Å²) in [4.78, 5) is 47.0. The van der Waals surface area contributed by atoms with Gasteiger partial charge in [0.25, 0.3) is 0 Å². The van der Waals surface area contributed by atoms with E-state index in [1.165, 1.54) is 104 Å². The van der Waals surface area contributed by atoms with E-state index in [4.69, 9.17) is 14.2 Å². The third kappa shape index (κ3) is 20.0. The van der Waals surface area contributed by atoms with Gasteiger partial charge >= 0.3 is 18.3 Å². The molecule has 0 amide bonds. The SMILES string of the molecule is CCCCCCCCCCCCCCCCCc1nccn1C(=O)OCC.Cc1nccn1C(=O)OC(C)(C)C.Cc1nccn1C(=O)Oc1ccccc1. The number of hydrogen-bond acceptors (Lipinski definition) is 9. The third-order valence-electron chi connectivity index (χ3n) is 8.57. The number of unbranched alkanes of at least 4 members (excludes halogenated alkanes) is 14. The predicted octanol–water partition coefficient (Wildman–Crippen LogP) is 11.5. The van der Waals surface area contributed by atoms with Gasteiger partial charge in [0.1, 0.15) is 28.8 Å². The molecule has 4 rings (SSSR count). The molecule has 0 bridgehead atoms. The summed E-state index contributed by atoms with van der Waals surface area (Å²) < 4.78 is 19.6. The van der Waals surface area contributed by atoms with Gasteiger partial charge in [-0.2, -0.15) is 0 Å². The molecule has 304 valence electrons. The van der Waals surface area contributed by atoms with Crippen LogP contribution in [0.2, 0.25) is 0 Å². The summed E-state index contributed by atoms with van der Waals surface area (Å²) in [6.07, 6.45) is 29.8. The van der Waals surface area contributed by atoms with Gasteiger partial charge in [-0.05, 0) is 60.1 Å². The molecule has 0 radical (unpaired) electrons. The van der Waals surface area contributed by atoms with E-state index in [1.54, 1.807) is 63.2 Å². The Morgan fingerprint density at radius 2 is 1.04 bits per heavy atom. The van der Waals surface area contributed by atoms with E-state index in [-0.39, 0.29) is 12.2 Å². The van der Waals surface area contributed by atoms with E-state index in [9.17, 15) is 14.4 Å². The summed E-state index contributed by atoms with van der Waals surface area (Å²) in [6, 6.07) is 8.93. The highest BCUT2D eigenvalue weighted by Crippen LogP contribution is 2.15. The number of benzene rings is 1. The summed E-state index contributed by atoms with van der Waals surface area (Å²) in [5, 5.41) is 0. The van der Waals surface area contributed by atoms with Crippen molar-refractivity contribution in [2.75, 3.05) is 6.61 Å². The van der Waals surface area contributed by atoms with Crippen molar-refractivity contribution in [2.24, 2.45) is 0 Å². The Morgan fingerprint density at radius 3 is 1.49 bits per heavy atom. The Balaban J connectivity index is 0.000000312. The monoisotopic (exact) mass is 763 g/mol. The lowest BCUT2D eigenvalue weighted by molar-refractivity contribution is 0.0533. The molecule has 3 heterocycles. The molecule has 0 aliphatic rings. The molecule has 0 aliphatic heterocycles. The first-order chi connectivity index (χ1) is 26.5. The Labute approximate surface area is 329 Å². The molecule has 0 unspecified atom stereocenters. The average molecular weight is 763 g/mol. The number of ether oxygens (including phenoxy) is 3. The minimum absolute atomic E-state index is 0.314. The van der Waals surface area contributed by atoms with Crippen molar-refractivity contribution < 1.29 is 28.6 Å². The van der Waals surface area contributed by atoms with Crippen LogP contribution >= 0.6 is 0 Å².